The van der Waals surface area contributed by atoms with Gasteiger partial charge in [-0.25, -0.2) is 13.4 Å². The Morgan fingerprint density at radius 1 is 1.12 bits per heavy atom. The Hall–Kier alpha value is -3.57. The number of carbonyl (C=O) groups excluding carboxylic acids is 1. The Morgan fingerprint density at radius 2 is 1.85 bits per heavy atom. The van der Waals surface area contributed by atoms with Gasteiger partial charge in [0, 0.05) is 35.4 Å². The van der Waals surface area contributed by atoms with Crippen LogP contribution in [-0.4, -0.2) is 23.9 Å². The van der Waals surface area contributed by atoms with E-state index in [1.54, 1.807) is 37.3 Å². The monoisotopic (exact) mass is 484 g/mol. The normalized spacial score (nSPS) is 11.5. The summed E-state index contributed by atoms with van der Waals surface area (Å²) in [6.07, 6.45) is 0. The predicted molar refractivity (Wildman–Crippen MR) is 126 cm³/mol. The predicted octanol–water partition coefficient (Wildman–Crippen LogP) is 3.65. The van der Waals surface area contributed by atoms with Crippen molar-refractivity contribution in [2.45, 2.75) is 29.4 Å². The van der Waals surface area contributed by atoms with Crippen LogP contribution in [0.15, 0.2) is 79.8 Å². The largest absolute Gasteiger partial charge is 0.375 e. The lowest BCUT2D eigenvalue weighted by Crippen LogP contribution is -2.14. The third-order valence-electron chi connectivity index (χ3n) is 4.52. The number of benzene rings is 2. The van der Waals surface area contributed by atoms with E-state index in [-0.39, 0.29) is 16.4 Å². The summed E-state index contributed by atoms with van der Waals surface area (Å²) in [6.45, 7) is 3.11. The van der Waals surface area contributed by atoms with Crippen LogP contribution in [0.4, 0.5) is 11.4 Å². The SMILES string of the molecule is CC(=O)Nc1ccc(S(=O)(=O)Nc2ccccc2SCc2cc(=O)n3oc(C)cc3n2)cc1. The van der Waals surface area contributed by atoms with Gasteiger partial charge in [-0.05, 0) is 43.3 Å². The summed E-state index contributed by atoms with van der Waals surface area (Å²) < 4.78 is 34.8. The van der Waals surface area contributed by atoms with Gasteiger partial charge in [-0.15, -0.1) is 16.3 Å². The molecular formula is C22H20N4O5S2. The first kappa shape index (κ1) is 22.6. The summed E-state index contributed by atoms with van der Waals surface area (Å²) in [5, 5.41) is 2.60. The van der Waals surface area contributed by atoms with Gasteiger partial charge >= 0.3 is 0 Å². The molecule has 0 atom stereocenters. The number of sulfonamides is 1. The summed E-state index contributed by atoms with van der Waals surface area (Å²) in [5.74, 6) is 0.698. The zero-order valence-corrected chi connectivity index (χ0v) is 19.4. The number of rotatable bonds is 7. The Morgan fingerprint density at radius 3 is 2.58 bits per heavy atom. The zero-order chi connectivity index (χ0) is 23.6. The molecule has 0 saturated carbocycles. The van der Waals surface area contributed by atoms with E-state index >= 15 is 0 Å². The molecule has 9 nitrogen and oxygen atoms in total. The van der Waals surface area contributed by atoms with Crippen LogP contribution in [0.5, 0.6) is 0 Å². The lowest BCUT2D eigenvalue weighted by molar-refractivity contribution is -0.114. The van der Waals surface area contributed by atoms with Gasteiger partial charge in [-0.3, -0.25) is 14.3 Å². The number of aromatic nitrogens is 2. The molecule has 2 aromatic carbocycles. The lowest BCUT2D eigenvalue weighted by atomic mass is 10.3. The van der Waals surface area contributed by atoms with Crippen molar-refractivity contribution in [2.75, 3.05) is 10.0 Å². The molecule has 0 unspecified atom stereocenters. The van der Waals surface area contributed by atoms with E-state index in [4.69, 9.17) is 4.52 Å². The smallest absolute Gasteiger partial charge is 0.287 e. The summed E-state index contributed by atoms with van der Waals surface area (Å²) >= 11 is 1.35. The van der Waals surface area contributed by atoms with Gasteiger partial charge in [-0.1, -0.05) is 12.1 Å². The minimum absolute atomic E-state index is 0.0619. The van der Waals surface area contributed by atoms with Crippen LogP contribution in [0.25, 0.3) is 5.65 Å². The number of fused-ring (bicyclic) bond motifs is 1. The summed E-state index contributed by atoms with van der Waals surface area (Å²) in [7, 11) is -3.85. The highest BCUT2D eigenvalue weighted by Crippen LogP contribution is 2.31. The van der Waals surface area contributed by atoms with Gasteiger partial charge in [0.15, 0.2) is 5.65 Å². The van der Waals surface area contributed by atoms with Crippen molar-refractivity contribution in [1.82, 2.24) is 9.56 Å². The molecule has 0 aliphatic heterocycles. The molecule has 4 rings (SSSR count). The van der Waals surface area contributed by atoms with Crippen molar-refractivity contribution >= 4 is 44.7 Å². The van der Waals surface area contributed by atoms with E-state index in [2.05, 4.69) is 15.0 Å². The van der Waals surface area contributed by atoms with Crippen LogP contribution in [0.3, 0.4) is 0 Å². The van der Waals surface area contributed by atoms with Gasteiger partial charge in [0.25, 0.3) is 15.6 Å². The molecule has 11 heteroatoms. The molecule has 2 aromatic heterocycles. The molecule has 33 heavy (non-hydrogen) atoms. The first-order valence-corrected chi connectivity index (χ1v) is 12.3. The van der Waals surface area contributed by atoms with Crippen molar-refractivity contribution in [3.05, 3.63) is 82.5 Å². The number of amides is 1. The topological polar surface area (TPSA) is 123 Å². The van der Waals surface area contributed by atoms with Crippen LogP contribution in [0.2, 0.25) is 0 Å². The first-order chi connectivity index (χ1) is 15.7. The molecule has 1 amide bonds. The molecule has 0 aliphatic rings. The fourth-order valence-electron chi connectivity index (χ4n) is 3.10. The standard InChI is InChI=1S/C22H20N4O5S2/c1-14-11-21-24-17(12-22(28)26(21)31-14)13-32-20-6-4-3-5-19(20)25-33(29,30)18-9-7-16(8-10-18)23-15(2)27/h3-12,25H,13H2,1-2H3,(H,23,27). The van der Waals surface area contributed by atoms with Gasteiger partial charge in [-0.2, -0.15) is 0 Å². The highest BCUT2D eigenvalue weighted by atomic mass is 32.2. The van der Waals surface area contributed by atoms with Crippen molar-refractivity contribution in [1.29, 1.82) is 0 Å². The Kier molecular flexibility index (Phi) is 6.25. The molecule has 2 heterocycles. The third kappa shape index (κ3) is 5.26. The Labute approximate surface area is 193 Å². The molecule has 2 N–H and O–H groups in total. The zero-order valence-electron chi connectivity index (χ0n) is 17.7. The number of para-hydroxylation sites is 1. The van der Waals surface area contributed by atoms with Crippen LogP contribution in [-0.2, 0) is 20.6 Å². The maximum absolute atomic E-state index is 12.9. The quantitative estimate of drug-likeness (QED) is 0.384. The highest BCUT2D eigenvalue weighted by Gasteiger charge is 2.17. The number of anilines is 2. The number of thioether (sulfide) groups is 1. The van der Waals surface area contributed by atoms with E-state index < -0.39 is 10.0 Å². The number of nitrogens with one attached hydrogen (secondary N) is 2. The molecular weight excluding hydrogens is 464 g/mol. The van der Waals surface area contributed by atoms with E-state index in [9.17, 15) is 18.0 Å². The highest BCUT2D eigenvalue weighted by molar-refractivity contribution is 7.98. The Bertz CT molecular complexity index is 1490. The molecule has 0 fully saturated rings. The summed E-state index contributed by atoms with van der Waals surface area (Å²) in [6, 6.07) is 15.9. The number of hydrogen-bond acceptors (Lipinski definition) is 7. The average molecular weight is 485 g/mol. The molecule has 4 aromatic rings. The van der Waals surface area contributed by atoms with Crippen molar-refractivity contribution in [2.24, 2.45) is 0 Å². The molecule has 0 bridgehead atoms. The maximum atomic E-state index is 12.9. The summed E-state index contributed by atoms with van der Waals surface area (Å²) in [4.78, 5) is 28.5. The van der Waals surface area contributed by atoms with E-state index in [1.807, 2.05) is 0 Å². The summed E-state index contributed by atoms with van der Waals surface area (Å²) in [5.41, 5.74) is 1.57. The minimum Gasteiger partial charge on any atom is -0.375 e. The van der Waals surface area contributed by atoms with Crippen molar-refractivity contribution in [3.8, 4) is 0 Å². The Balaban J connectivity index is 1.52. The third-order valence-corrected chi connectivity index (χ3v) is 7.00. The number of hydrogen-bond donors (Lipinski definition) is 2. The fourth-order valence-corrected chi connectivity index (χ4v) is 5.15. The maximum Gasteiger partial charge on any atom is 0.287 e. The van der Waals surface area contributed by atoms with Gasteiger partial charge in [0.05, 0.1) is 16.3 Å². The van der Waals surface area contributed by atoms with E-state index in [0.29, 0.717) is 39.1 Å². The molecule has 0 aliphatic carbocycles. The van der Waals surface area contributed by atoms with Gasteiger partial charge in [0.2, 0.25) is 5.91 Å². The number of aryl methyl sites for hydroxylation is 1. The molecule has 170 valence electrons. The van der Waals surface area contributed by atoms with Crippen LogP contribution < -0.4 is 15.6 Å². The fraction of sp³-hybridized carbons (Fsp3) is 0.136. The van der Waals surface area contributed by atoms with Gasteiger partial charge < -0.3 is 9.84 Å². The van der Waals surface area contributed by atoms with Crippen molar-refractivity contribution in [3.63, 3.8) is 0 Å². The molecule has 0 spiro atoms. The lowest BCUT2D eigenvalue weighted by Gasteiger charge is -2.13. The van der Waals surface area contributed by atoms with Crippen LogP contribution in [0.1, 0.15) is 18.4 Å². The van der Waals surface area contributed by atoms with Crippen LogP contribution in [0, 0.1) is 6.92 Å². The molecule has 0 radical (unpaired) electrons. The second-order valence-corrected chi connectivity index (χ2v) is 9.88. The second-order valence-electron chi connectivity index (χ2n) is 7.18. The first-order valence-electron chi connectivity index (χ1n) is 9.83. The van der Waals surface area contributed by atoms with E-state index in [0.717, 1.165) is 4.57 Å². The molecule has 0 saturated heterocycles. The van der Waals surface area contributed by atoms with Crippen molar-refractivity contribution < 1.29 is 17.7 Å². The number of carbonyl (C=O) groups is 1. The number of nitrogens with zero attached hydrogens (tertiary/aromatic N) is 2. The second kappa shape index (κ2) is 9.12. The van der Waals surface area contributed by atoms with Crippen LogP contribution >= 0.6 is 11.8 Å². The average Bonchev–Trinajstić information content (AvgIpc) is 3.14. The minimum atomic E-state index is -3.85. The van der Waals surface area contributed by atoms with Gasteiger partial charge in [0.1, 0.15) is 5.76 Å². The van der Waals surface area contributed by atoms with E-state index in [1.165, 1.54) is 49.0 Å².